The maximum atomic E-state index is 13.2. The molecule has 0 spiro atoms. The third-order valence-electron chi connectivity index (χ3n) is 13.0. The standard InChI is InChI=1S/C58H109NO5/c1-4-7-10-13-16-19-22-24-26-28-29-30-32-34-36-39-42-45-48-51-58(63)64-54(49-46-43-40-37-35-33-31-27-25-23-20-17-14-11-8-5-2)52-57(62)59-55(53-60)56(61)50-47-44-41-38-21-18-15-12-9-6-3/h24,26-27,31,33,35,54-56,60-61H,4-23,25,28-30,32,34,36-53H2,1-3H3,(H,59,62)/b26-24+,31-27+,35-33+. The van der Waals surface area contributed by atoms with E-state index in [9.17, 15) is 19.8 Å². The molecule has 0 aromatic rings. The highest BCUT2D eigenvalue weighted by Crippen LogP contribution is 2.18. The lowest BCUT2D eigenvalue weighted by atomic mass is 10.0. The lowest BCUT2D eigenvalue weighted by molar-refractivity contribution is -0.151. The number of hydrogen-bond acceptors (Lipinski definition) is 5. The summed E-state index contributed by atoms with van der Waals surface area (Å²) >= 11 is 0. The molecule has 3 N–H and O–H groups in total. The van der Waals surface area contributed by atoms with E-state index in [4.69, 9.17) is 4.74 Å². The quantitative estimate of drug-likeness (QED) is 0.0245. The molecule has 376 valence electrons. The van der Waals surface area contributed by atoms with Gasteiger partial charge in [-0.2, -0.15) is 0 Å². The van der Waals surface area contributed by atoms with Crippen molar-refractivity contribution < 1.29 is 24.5 Å². The summed E-state index contributed by atoms with van der Waals surface area (Å²) in [7, 11) is 0. The molecule has 0 aromatic heterocycles. The highest BCUT2D eigenvalue weighted by molar-refractivity contribution is 5.77. The van der Waals surface area contributed by atoms with Gasteiger partial charge in [0.1, 0.15) is 6.10 Å². The Bertz CT molecular complexity index is 1060. The maximum absolute atomic E-state index is 13.2. The van der Waals surface area contributed by atoms with E-state index in [1.54, 1.807) is 0 Å². The first-order valence-corrected chi connectivity index (χ1v) is 28.2. The van der Waals surface area contributed by atoms with Crippen LogP contribution in [0.1, 0.15) is 297 Å². The van der Waals surface area contributed by atoms with Gasteiger partial charge in [0.25, 0.3) is 0 Å². The number of ether oxygens (including phenoxy) is 1. The van der Waals surface area contributed by atoms with Crippen LogP contribution in [0.3, 0.4) is 0 Å². The third-order valence-corrected chi connectivity index (χ3v) is 13.0. The molecule has 6 heteroatoms. The van der Waals surface area contributed by atoms with Gasteiger partial charge in [0.05, 0.1) is 25.2 Å². The second-order valence-electron chi connectivity index (χ2n) is 19.4. The molecule has 0 aliphatic carbocycles. The van der Waals surface area contributed by atoms with Crippen molar-refractivity contribution in [3.05, 3.63) is 36.5 Å². The van der Waals surface area contributed by atoms with E-state index in [-0.39, 0.29) is 24.9 Å². The van der Waals surface area contributed by atoms with Crippen molar-refractivity contribution in [3.63, 3.8) is 0 Å². The summed E-state index contributed by atoms with van der Waals surface area (Å²) in [6.45, 7) is 6.48. The Hall–Kier alpha value is -1.92. The summed E-state index contributed by atoms with van der Waals surface area (Å²) in [5.74, 6) is -0.491. The second-order valence-corrected chi connectivity index (χ2v) is 19.4. The van der Waals surface area contributed by atoms with E-state index in [1.165, 1.54) is 180 Å². The molecule has 0 heterocycles. The predicted octanol–water partition coefficient (Wildman–Crippen LogP) is 17.2. The Labute approximate surface area is 398 Å². The minimum Gasteiger partial charge on any atom is -0.462 e. The van der Waals surface area contributed by atoms with Crippen molar-refractivity contribution in [3.8, 4) is 0 Å². The zero-order valence-electron chi connectivity index (χ0n) is 42.9. The third kappa shape index (κ3) is 46.6. The number of hydrogen-bond donors (Lipinski definition) is 3. The fraction of sp³-hybridized carbons (Fsp3) is 0.862. The van der Waals surface area contributed by atoms with Crippen molar-refractivity contribution in [1.29, 1.82) is 0 Å². The molecule has 0 aromatic carbocycles. The number of esters is 1. The SMILES string of the molecule is CCCCCCCC/C=C/CCCCCCCCCCCC(=O)OC(CCCCC/C=C/C=C/CCCCCCCCC)CC(=O)NC(CO)C(O)CCCCCCCCCCCC. The van der Waals surface area contributed by atoms with Crippen LogP contribution in [-0.4, -0.2) is 46.9 Å². The number of carbonyl (C=O) groups excluding carboxylic acids is 2. The number of carbonyl (C=O) groups is 2. The molecule has 3 unspecified atom stereocenters. The van der Waals surface area contributed by atoms with Crippen LogP contribution in [0.15, 0.2) is 36.5 Å². The van der Waals surface area contributed by atoms with Gasteiger partial charge in [0.15, 0.2) is 0 Å². The second kappa shape index (κ2) is 52.1. The number of unbranched alkanes of at least 4 members (excludes halogenated alkanes) is 34. The highest BCUT2D eigenvalue weighted by atomic mass is 16.5. The van der Waals surface area contributed by atoms with E-state index in [0.717, 1.165) is 70.6 Å². The van der Waals surface area contributed by atoms with Crippen molar-refractivity contribution in [2.45, 2.75) is 315 Å². The number of aliphatic hydroxyl groups is 2. The number of aliphatic hydroxyl groups excluding tert-OH is 2. The van der Waals surface area contributed by atoms with Gasteiger partial charge in [-0.25, -0.2) is 0 Å². The summed E-state index contributed by atoms with van der Waals surface area (Å²) < 4.78 is 5.94. The zero-order chi connectivity index (χ0) is 46.7. The predicted molar refractivity (Wildman–Crippen MR) is 278 cm³/mol. The van der Waals surface area contributed by atoms with Crippen molar-refractivity contribution >= 4 is 11.9 Å². The zero-order valence-corrected chi connectivity index (χ0v) is 42.9. The van der Waals surface area contributed by atoms with Crippen LogP contribution in [0.25, 0.3) is 0 Å². The van der Waals surface area contributed by atoms with Crippen molar-refractivity contribution in [2.24, 2.45) is 0 Å². The van der Waals surface area contributed by atoms with Gasteiger partial charge in [-0.05, 0) is 77.0 Å². The monoisotopic (exact) mass is 900 g/mol. The van der Waals surface area contributed by atoms with Crippen LogP contribution in [0, 0.1) is 0 Å². The van der Waals surface area contributed by atoms with Crippen LogP contribution in [-0.2, 0) is 14.3 Å². The van der Waals surface area contributed by atoms with Gasteiger partial charge in [0, 0.05) is 6.42 Å². The van der Waals surface area contributed by atoms with Gasteiger partial charge in [0.2, 0.25) is 5.91 Å². The molecule has 0 aliphatic heterocycles. The molecule has 64 heavy (non-hydrogen) atoms. The molecule has 0 bridgehead atoms. The highest BCUT2D eigenvalue weighted by Gasteiger charge is 2.24. The van der Waals surface area contributed by atoms with Crippen LogP contribution in [0.2, 0.25) is 0 Å². The molecule has 3 atom stereocenters. The summed E-state index contributed by atoms with van der Waals surface area (Å²) in [5.41, 5.74) is 0. The lowest BCUT2D eigenvalue weighted by Crippen LogP contribution is -2.46. The first-order valence-electron chi connectivity index (χ1n) is 28.2. The van der Waals surface area contributed by atoms with E-state index >= 15 is 0 Å². The van der Waals surface area contributed by atoms with E-state index in [0.29, 0.717) is 19.3 Å². The van der Waals surface area contributed by atoms with E-state index in [2.05, 4.69) is 62.5 Å². The van der Waals surface area contributed by atoms with Crippen molar-refractivity contribution in [2.75, 3.05) is 6.61 Å². The Balaban J connectivity index is 4.56. The fourth-order valence-corrected chi connectivity index (χ4v) is 8.65. The minimum absolute atomic E-state index is 0.0616. The topological polar surface area (TPSA) is 95.9 Å². The number of rotatable bonds is 51. The molecule has 0 rings (SSSR count). The molecular formula is C58H109NO5. The molecular weight excluding hydrogens is 791 g/mol. The van der Waals surface area contributed by atoms with Gasteiger partial charge in [-0.15, -0.1) is 0 Å². The van der Waals surface area contributed by atoms with Crippen LogP contribution in [0.5, 0.6) is 0 Å². The summed E-state index contributed by atoms with van der Waals surface area (Å²) in [6, 6.07) is -0.708. The average molecular weight is 901 g/mol. The van der Waals surface area contributed by atoms with Crippen LogP contribution < -0.4 is 5.32 Å². The molecule has 0 aliphatic rings. The first-order chi connectivity index (χ1) is 31.5. The lowest BCUT2D eigenvalue weighted by Gasteiger charge is -2.24. The number of amides is 1. The molecule has 1 amide bonds. The summed E-state index contributed by atoms with van der Waals surface area (Å²) in [6.07, 6.45) is 62.1. The Morgan fingerprint density at radius 3 is 1.22 bits per heavy atom. The molecule has 0 saturated carbocycles. The Morgan fingerprint density at radius 2 is 0.797 bits per heavy atom. The number of allylic oxidation sites excluding steroid dienone is 6. The fourth-order valence-electron chi connectivity index (χ4n) is 8.65. The van der Waals surface area contributed by atoms with Crippen LogP contribution >= 0.6 is 0 Å². The van der Waals surface area contributed by atoms with Crippen LogP contribution in [0.4, 0.5) is 0 Å². The molecule has 6 nitrogen and oxygen atoms in total. The smallest absolute Gasteiger partial charge is 0.306 e. The average Bonchev–Trinajstić information content (AvgIpc) is 3.29. The molecule has 0 fully saturated rings. The molecule has 0 radical (unpaired) electrons. The largest absolute Gasteiger partial charge is 0.462 e. The Morgan fingerprint density at radius 1 is 0.453 bits per heavy atom. The molecule has 0 saturated heterocycles. The van der Waals surface area contributed by atoms with E-state index in [1.807, 2.05) is 0 Å². The normalized spacial score (nSPS) is 13.4. The maximum Gasteiger partial charge on any atom is 0.306 e. The van der Waals surface area contributed by atoms with E-state index < -0.39 is 18.2 Å². The van der Waals surface area contributed by atoms with Gasteiger partial charge < -0.3 is 20.3 Å². The van der Waals surface area contributed by atoms with Gasteiger partial charge in [-0.1, -0.05) is 243 Å². The Kier molecular flexibility index (Phi) is 50.5. The summed E-state index contributed by atoms with van der Waals surface area (Å²) in [4.78, 5) is 26.2. The van der Waals surface area contributed by atoms with Gasteiger partial charge >= 0.3 is 5.97 Å². The minimum atomic E-state index is -0.793. The van der Waals surface area contributed by atoms with Crippen molar-refractivity contribution in [1.82, 2.24) is 5.32 Å². The van der Waals surface area contributed by atoms with Gasteiger partial charge in [-0.3, -0.25) is 9.59 Å². The first kappa shape index (κ1) is 62.1. The summed E-state index contributed by atoms with van der Waals surface area (Å²) in [5, 5.41) is 23.8. The number of nitrogens with one attached hydrogen (secondary N) is 1.